The Kier molecular flexibility index (Phi) is 3.52. The van der Waals surface area contributed by atoms with Crippen molar-refractivity contribution >= 4 is 0 Å². The topological polar surface area (TPSA) is 61.7 Å². The fraction of sp³-hybridized carbons (Fsp3) is 0.538. The van der Waals surface area contributed by atoms with Crippen molar-refractivity contribution in [1.82, 2.24) is 19.3 Å². The van der Waals surface area contributed by atoms with Crippen LogP contribution in [0.1, 0.15) is 36.8 Å². The van der Waals surface area contributed by atoms with Crippen LogP contribution in [-0.2, 0) is 13.6 Å². The average Bonchev–Trinajstić information content (AvgIpc) is 2.90. The van der Waals surface area contributed by atoms with Gasteiger partial charge >= 0.3 is 0 Å². The first-order chi connectivity index (χ1) is 8.50. The molecule has 98 valence electrons. The van der Waals surface area contributed by atoms with Gasteiger partial charge in [-0.1, -0.05) is 13.8 Å². The smallest absolute Gasteiger partial charge is 0.0951 e. The summed E-state index contributed by atoms with van der Waals surface area (Å²) < 4.78 is 3.99. The van der Waals surface area contributed by atoms with Crippen molar-refractivity contribution in [2.24, 2.45) is 18.7 Å². The van der Waals surface area contributed by atoms with E-state index in [1.54, 1.807) is 0 Å². The summed E-state index contributed by atoms with van der Waals surface area (Å²) in [7, 11) is 1.95. The third kappa shape index (κ3) is 2.31. The molecule has 1 atom stereocenters. The summed E-state index contributed by atoms with van der Waals surface area (Å²) in [4.78, 5) is 4.21. The van der Waals surface area contributed by atoms with Crippen LogP contribution in [0.15, 0.2) is 18.7 Å². The minimum atomic E-state index is 0.0180. The third-order valence-corrected chi connectivity index (χ3v) is 3.48. The van der Waals surface area contributed by atoms with E-state index in [0.29, 0.717) is 5.92 Å². The Labute approximate surface area is 108 Å². The lowest BCUT2D eigenvalue weighted by atomic mass is 10.0. The molecule has 0 saturated heterocycles. The molecule has 0 amide bonds. The van der Waals surface area contributed by atoms with Crippen LogP contribution in [0.2, 0.25) is 0 Å². The lowest BCUT2D eigenvalue weighted by Gasteiger charge is -2.17. The van der Waals surface area contributed by atoms with Crippen LogP contribution in [-0.4, -0.2) is 19.3 Å². The fourth-order valence-electron chi connectivity index (χ4n) is 1.97. The maximum atomic E-state index is 6.20. The third-order valence-electron chi connectivity index (χ3n) is 3.48. The molecule has 5 nitrogen and oxygen atoms in total. The molecule has 2 aromatic rings. The molecule has 0 saturated carbocycles. The van der Waals surface area contributed by atoms with Gasteiger partial charge < -0.3 is 10.3 Å². The van der Waals surface area contributed by atoms with E-state index in [1.165, 1.54) is 11.3 Å². The Morgan fingerprint density at radius 1 is 1.33 bits per heavy atom. The minimum Gasteiger partial charge on any atom is -0.329 e. The average molecular weight is 247 g/mol. The highest BCUT2D eigenvalue weighted by atomic mass is 15.3. The van der Waals surface area contributed by atoms with Gasteiger partial charge in [0.05, 0.1) is 24.8 Å². The molecule has 2 heterocycles. The van der Waals surface area contributed by atoms with Crippen molar-refractivity contribution in [1.29, 1.82) is 0 Å². The van der Waals surface area contributed by atoms with Crippen molar-refractivity contribution < 1.29 is 0 Å². The molecule has 0 aliphatic carbocycles. The van der Waals surface area contributed by atoms with Crippen molar-refractivity contribution in [3.63, 3.8) is 0 Å². The van der Waals surface area contributed by atoms with Crippen molar-refractivity contribution in [3.8, 4) is 0 Å². The quantitative estimate of drug-likeness (QED) is 0.893. The molecule has 0 aliphatic heterocycles. The highest BCUT2D eigenvalue weighted by molar-refractivity contribution is 5.18. The van der Waals surface area contributed by atoms with Gasteiger partial charge in [0.2, 0.25) is 0 Å². The van der Waals surface area contributed by atoms with Gasteiger partial charge in [0.15, 0.2) is 0 Å². The Hall–Kier alpha value is -1.62. The molecule has 2 rings (SSSR count). The summed E-state index contributed by atoms with van der Waals surface area (Å²) in [5.74, 6) is 0.399. The van der Waals surface area contributed by atoms with Crippen LogP contribution in [0.4, 0.5) is 0 Å². The lowest BCUT2D eigenvalue weighted by molar-refractivity contribution is 0.484. The van der Waals surface area contributed by atoms with Crippen LogP contribution in [0.5, 0.6) is 0 Å². The summed E-state index contributed by atoms with van der Waals surface area (Å²) in [6, 6.07) is 0.0180. The number of aromatic nitrogens is 4. The number of imidazole rings is 1. The van der Waals surface area contributed by atoms with E-state index in [9.17, 15) is 0 Å². The predicted molar refractivity (Wildman–Crippen MR) is 71.0 cm³/mol. The van der Waals surface area contributed by atoms with E-state index < -0.39 is 0 Å². The largest absolute Gasteiger partial charge is 0.329 e. The second-order valence-electron chi connectivity index (χ2n) is 5.10. The number of nitrogens with zero attached hydrogens (tertiary/aromatic N) is 4. The van der Waals surface area contributed by atoms with E-state index in [0.717, 1.165) is 12.2 Å². The second kappa shape index (κ2) is 4.94. The van der Waals surface area contributed by atoms with Crippen LogP contribution in [0.3, 0.4) is 0 Å². The predicted octanol–water partition coefficient (Wildman–Crippen LogP) is 1.63. The number of aryl methyl sites for hydroxylation is 1. The van der Waals surface area contributed by atoms with Crippen molar-refractivity contribution in [2.45, 2.75) is 33.4 Å². The van der Waals surface area contributed by atoms with Crippen LogP contribution in [0.25, 0.3) is 0 Å². The Balaban J connectivity index is 2.25. The molecule has 0 aromatic carbocycles. The van der Waals surface area contributed by atoms with Crippen molar-refractivity contribution in [3.05, 3.63) is 35.7 Å². The van der Waals surface area contributed by atoms with E-state index in [4.69, 9.17) is 5.73 Å². The molecule has 0 aliphatic rings. The van der Waals surface area contributed by atoms with Crippen molar-refractivity contribution in [2.75, 3.05) is 0 Å². The summed E-state index contributed by atoms with van der Waals surface area (Å²) in [5, 5.41) is 4.26. The molecular weight excluding hydrogens is 226 g/mol. The number of rotatable bonds is 4. The Bertz CT molecular complexity index is 523. The Morgan fingerprint density at radius 2 is 2.06 bits per heavy atom. The molecule has 2 N–H and O–H groups in total. The summed E-state index contributed by atoms with van der Waals surface area (Å²) in [5.41, 5.74) is 9.65. The maximum absolute atomic E-state index is 6.20. The minimum absolute atomic E-state index is 0.0180. The zero-order valence-electron chi connectivity index (χ0n) is 11.5. The molecule has 0 radical (unpaired) electrons. The van der Waals surface area contributed by atoms with Crippen LogP contribution >= 0.6 is 0 Å². The fourth-order valence-corrected chi connectivity index (χ4v) is 1.97. The van der Waals surface area contributed by atoms with Gasteiger partial charge in [-0.3, -0.25) is 4.68 Å². The van der Waals surface area contributed by atoms with Gasteiger partial charge in [-0.05, 0) is 12.8 Å². The first kappa shape index (κ1) is 12.8. The monoisotopic (exact) mass is 247 g/mol. The molecule has 0 spiro atoms. The SMILES string of the molecule is Cc1c(Cn2cncc2C(N)C(C)C)cnn1C. The number of hydrogen-bond acceptors (Lipinski definition) is 3. The first-order valence-electron chi connectivity index (χ1n) is 6.23. The normalized spacial score (nSPS) is 13.2. The maximum Gasteiger partial charge on any atom is 0.0951 e. The second-order valence-corrected chi connectivity index (χ2v) is 5.10. The highest BCUT2D eigenvalue weighted by Gasteiger charge is 2.16. The van der Waals surface area contributed by atoms with Gasteiger partial charge in [-0.2, -0.15) is 5.10 Å². The van der Waals surface area contributed by atoms with Crippen LogP contribution < -0.4 is 5.73 Å². The zero-order valence-corrected chi connectivity index (χ0v) is 11.5. The van der Waals surface area contributed by atoms with Gasteiger partial charge in [0, 0.05) is 30.5 Å². The molecule has 1 unspecified atom stereocenters. The van der Waals surface area contributed by atoms with Gasteiger partial charge in [0.25, 0.3) is 0 Å². The van der Waals surface area contributed by atoms with E-state index in [2.05, 4.69) is 35.4 Å². The molecular formula is C13H21N5. The summed E-state index contributed by atoms with van der Waals surface area (Å²) >= 11 is 0. The van der Waals surface area contributed by atoms with Gasteiger partial charge in [0.1, 0.15) is 0 Å². The summed E-state index contributed by atoms with van der Waals surface area (Å²) in [6.45, 7) is 7.09. The first-order valence-corrected chi connectivity index (χ1v) is 6.23. The Morgan fingerprint density at radius 3 is 2.61 bits per heavy atom. The van der Waals surface area contributed by atoms with E-state index >= 15 is 0 Å². The standard InChI is InChI=1S/C13H21N5/c1-9(2)13(14)12-6-15-8-18(12)7-11-5-16-17(4)10(11)3/h5-6,8-9,13H,7,14H2,1-4H3. The van der Waals surface area contributed by atoms with Gasteiger partial charge in [-0.25, -0.2) is 4.98 Å². The van der Waals surface area contributed by atoms with Gasteiger partial charge in [-0.15, -0.1) is 0 Å². The molecule has 0 fully saturated rings. The number of nitrogens with two attached hydrogens (primary N) is 1. The molecule has 2 aromatic heterocycles. The summed E-state index contributed by atoms with van der Waals surface area (Å²) in [6.07, 6.45) is 5.60. The van der Waals surface area contributed by atoms with E-state index in [1.807, 2.05) is 30.5 Å². The van der Waals surface area contributed by atoms with Crippen LogP contribution in [0, 0.1) is 12.8 Å². The van der Waals surface area contributed by atoms with E-state index in [-0.39, 0.29) is 6.04 Å². The number of hydrogen-bond donors (Lipinski definition) is 1. The molecule has 0 bridgehead atoms. The highest BCUT2D eigenvalue weighted by Crippen LogP contribution is 2.19. The molecule has 18 heavy (non-hydrogen) atoms. The molecule has 5 heteroatoms. The zero-order chi connectivity index (χ0) is 13.3. The lowest BCUT2D eigenvalue weighted by Crippen LogP contribution is -2.20.